The molecular formula is C15H11BrN2O3. The highest BCUT2D eigenvalue weighted by Gasteiger charge is 2.12. The van der Waals surface area contributed by atoms with E-state index in [1.807, 2.05) is 0 Å². The molecule has 0 bridgehead atoms. The highest BCUT2D eigenvalue weighted by atomic mass is 79.9. The van der Waals surface area contributed by atoms with Gasteiger partial charge in [-0.15, -0.1) is 0 Å². The second-order valence-electron chi connectivity index (χ2n) is 4.15. The number of aromatic carboxylic acids is 1. The van der Waals surface area contributed by atoms with Crippen LogP contribution in [0.2, 0.25) is 0 Å². The number of nitrogens with zero attached hydrogens (tertiary/aromatic N) is 1. The smallest absolute Gasteiger partial charge is 0.339 e. The van der Waals surface area contributed by atoms with Crippen LogP contribution in [0, 0.1) is 11.3 Å². The van der Waals surface area contributed by atoms with Crippen LogP contribution >= 0.6 is 15.9 Å². The summed E-state index contributed by atoms with van der Waals surface area (Å²) >= 11 is 3.35. The Morgan fingerprint density at radius 1 is 1.33 bits per heavy atom. The van der Waals surface area contributed by atoms with Crippen molar-refractivity contribution < 1.29 is 14.6 Å². The van der Waals surface area contributed by atoms with E-state index in [4.69, 9.17) is 15.1 Å². The normalized spacial score (nSPS) is 9.76. The average molecular weight is 347 g/mol. The van der Waals surface area contributed by atoms with Gasteiger partial charge < -0.3 is 15.2 Å². The lowest BCUT2D eigenvalue weighted by Gasteiger charge is -2.11. The molecule has 0 heterocycles. The van der Waals surface area contributed by atoms with Gasteiger partial charge in [-0.1, -0.05) is 15.9 Å². The number of nitriles is 1. The zero-order valence-electron chi connectivity index (χ0n) is 11.1. The number of anilines is 2. The number of methoxy groups -OCH3 is 1. The Balaban J connectivity index is 2.39. The zero-order valence-corrected chi connectivity index (χ0v) is 12.6. The third-order valence-corrected chi connectivity index (χ3v) is 3.31. The van der Waals surface area contributed by atoms with Gasteiger partial charge in [0.1, 0.15) is 17.4 Å². The zero-order chi connectivity index (χ0) is 15.4. The number of halogens is 1. The van der Waals surface area contributed by atoms with Gasteiger partial charge in [-0.3, -0.25) is 0 Å². The quantitative estimate of drug-likeness (QED) is 0.880. The van der Waals surface area contributed by atoms with Crippen LogP contribution in [0.4, 0.5) is 11.4 Å². The van der Waals surface area contributed by atoms with Crippen molar-refractivity contribution in [2.75, 3.05) is 12.4 Å². The summed E-state index contributed by atoms with van der Waals surface area (Å²) in [5.74, 6) is -0.806. The molecule has 0 aliphatic heterocycles. The number of ether oxygens (including phenoxy) is 1. The van der Waals surface area contributed by atoms with Gasteiger partial charge in [0.25, 0.3) is 0 Å². The number of hydrogen-bond donors (Lipinski definition) is 2. The standard InChI is InChI=1S/C15H11BrN2O3/c1-21-14-7-11(4-5-12(14)15(19)20)18-13-6-10(16)3-2-9(13)8-17/h2-7,18H,1H3,(H,19,20). The maximum absolute atomic E-state index is 11.0. The molecule has 0 aromatic heterocycles. The van der Waals surface area contributed by atoms with Crippen LogP contribution in [-0.2, 0) is 0 Å². The fraction of sp³-hybridized carbons (Fsp3) is 0.0667. The number of nitrogens with one attached hydrogen (secondary N) is 1. The topological polar surface area (TPSA) is 82.3 Å². The van der Waals surface area contributed by atoms with E-state index in [0.29, 0.717) is 16.9 Å². The predicted molar refractivity (Wildman–Crippen MR) is 82.1 cm³/mol. The summed E-state index contributed by atoms with van der Waals surface area (Å²) in [5.41, 5.74) is 1.82. The van der Waals surface area contributed by atoms with Crippen LogP contribution in [0.15, 0.2) is 40.9 Å². The number of carbonyl (C=O) groups is 1. The number of hydrogen-bond acceptors (Lipinski definition) is 4. The molecule has 2 aromatic carbocycles. The van der Waals surface area contributed by atoms with Crippen molar-refractivity contribution in [3.05, 3.63) is 52.0 Å². The van der Waals surface area contributed by atoms with Gasteiger partial charge in [-0.05, 0) is 30.3 Å². The van der Waals surface area contributed by atoms with Crippen molar-refractivity contribution in [3.8, 4) is 11.8 Å². The third kappa shape index (κ3) is 3.33. The van der Waals surface area contributed by atoms with Gasteiger partial charge in [0.05, 0.1) is 18.4 Å². The third-order valence-electron chi connectivity index (χ3n) is 2.81. The number of carboxylic acids is 1. The van der Waals surface area contributed by atoms with E-state index in [2.05, 4.69) is 27.3 Å². The highest BCUT2D eigenvalue weighted by molar-refractivity contribution is 9.10. The Kier molecular flexibility index (Phi) is 4.45. The Labute approximate surface area is 129 Å². The van der Waals surface area contributed by atoms with Crippen LogP contribution < -0.4 is 10.1 Å². The molecule has 0 atom stereocenters. The first-order valence-electron chi connectivity index (χ1n) is 5.93. The van der Waals surface area contributed by atoms with Crippen molar-refractivity contribution in [2.24, 2.45) is 0 Å². The first-order valence-corrected chi connectivity index (χ1v) is 6.72. The Morgan fingerprint density at radius 2 is 2.10 bits per heavy atom. The molecular weight excluding hydrogens is 336 g/mol. The fourth-order valence-electron chi connectivity index (χ4n) is 1.82. The minimum atomic E-state index is -1.06. The number of rotatable bonds is 4. The van der Waals surface area contributed by atoms with E-state index >= 15 is 0 Å². The highest BCUT2D eigenvalue weighted by Crippen LogP contribution is 2.28. The van der Waals surface area contributed by atoms with Gasteiger partial charge in [-0.2, -0.15) is 5.26 Å². The van der Waals surface area contributed by atoms with Gasteiger partial charge in [-0.25, -0.2) is 4.79 Å². The minimum absolute atomic E-state index is 0.0813. The lowest BCUT2D eigenvalue weighted by Crippen LogP contribution is -2.01. The molecule has 0 saturated carbocycles. The molecule has 0 amide bonds. The van der Waals surface area contributed by atoms with Crippen molar-refractivity contribution >= 4 is 33.3 Å². The molecule has 0 fully saturated rings. The Bertz CT molecular complexity index is 738. The van der Waals surface area contributed by atoms with Crippen LogP contribution in [0.1, 0.15) is 15.9 Å². The maximum atomic E-state index is 11.0. The molecule has 0 saturated heterocycles. The SMILES string of the molecule is COc1cc(Nc2cc(Br)ccc2C#N)ccc1C(=O)O. The van der Waals surface area contributed by atoms with Gasteiger partial charge in [0.15, 0.2) is 0 Å². The first kappa shape index (κ1) is 14.9. The summed E-state index contributed by atoms with van der Waals surface area (Å²) in [7, 11) is 1.41. The predicted octanol–water partition coefficient (Wildman–Crippen LogP) is 3.77. The molecule has 2 rings (SSSR count). The van der Waals surface area contributed by atoms with Gasteiger partial charge >= 0.3 is 5.97 Å². The monoisotopic (exact) mass is 346 g/mol. The lowest BCUT2D eigenvalue weighted by atomic mass is 10.1. The van der Waals surface area contributed by atoms with Crippen molar-refractivity contribution in [3.63, 3.8) is 0 Å². The summed E-state index contributed by atoms with van der Waals surface area (Å²) in [4.78, 5) is 11.0. The van der Waals surface area contributed by atoms with Crippen molar-refractivity contribution in [1.29, 1.82) is 5.26 Å². The van der Waals surface area contributed by atoms with E-state index in [-0.39, 0.29) is 11.3 Å². The van der Waals surface area contributed by atoms with Gasteiger partial charge in [0, 0.05) is 16.2 Å². The maximum Gasteiger partial charge on any atom is 0.339 e. The van der Waals surface area contributed by atoms with E-state index in [0.717, 1.165) is 4.47 Å². The van der Waals surface area contributed by atoms with Crippen molar-refractivity contribution in [1.82, 2.24) is 0 Å². The average Bonchev–Trinajstić information content (AvgIpc) is 2.47. The molecule has 0 radical (unpaired) electrons. The molecule has 6 heteroatoms. The number of carboxylic acid groups (broad SMARTS) is 1. The van der Waals surface area contributed by atoms with E-state index in [1.165, 1.54) is 13.2 Å². The molecule has 21 heavy (non-hydrogen) atoms. The Morgan fingerprint density at radius 3 is 2.71 bits per heavy atom. The molecule has 2 N–H and O–H groups in total. The van der Waals surface area contributed by atoms with E-state index in [9.17, 15) is 4.79 Å². The van der Waals surface area contributed by atoms with Gasteiger partial charge in [0.2, 0.25) is 0 Å². The molecule has 5 nitrogen and oxygen atoms in total. The molecule has 2 aromatic rings. The summed E-state index contributed by atoms with van der Waals surface area (Å²) in [6.45, 7) is 0. The lowest BCUT2D eigenvalue weighted by molar-refractivity contribution is 0.0693. The molecule has 0 aliphatic rings. The molecule has 0 spiro atoms. The van der Waals surface area contributed by atoms with E-state index < -0.39 is 5.97 Å². The second kappa shape index (κ2) is 6.29. The largest absolute Gasteiger partial charge is 0.496 e. The van der Waals surface area contributed by atoms with E-state index in [1.54, 1.807) is 30.3 Å². The van der Waals surface area contributed by atoms with Crippen LogP contribution in [-0.4, -0.2) is 18.2 Å². The van der Waals surface area contributed by atoms with Crippen molar-refractivity contribution in [2.45, 2.75) is 0 Å². The summed E-state index contributed by atoms with van der Waals surface area (Å²) < 4.78 is 5.90. The fourth-order valence-corrected chi connectivity index (χ4v) is 2.18. The molecule has 0 unspecified atom stereocenters. The van der Waals surface area contributed by atoms with Crippen LogP contribution in [0.3, 0.4) is 0 Å². The minimum Gasteiger partial charge on any atom is -0.496 e. The number of benzene rings is 2. The van der Waals surface area contributed by atoms with Crippen LogP contribution in [0.25, 0.3) is 0 Å². The second-order valence-corrected chi connectivity index (χ2v) is 5.06. The van der Waals surface area contributed by atoms with Crippen LogP contribution in [0.5, 0.6) is 5.75 Å². The summed E-state index contributed by atoms with van der Waals surface area (Å²) in [6, 6.07) is 12.0. The Hall–Kier alpha value is -2.52. The molecule has 0 aliphatic carbocycles. The summed E-state index contributed by atoms with van der Waals surface area (Å²) in [6.07, 6.45) is 0. The molecule has 106 valence electrons. The first-order chi connectivity index (χ1) is 10.0. The summed E-state index contributed by atoms with van der Waals surface area (Å²) in [5, 5.41) is 21.2.